The number of sulfonamides is 1. The van der Waals surface area contributed by atoms with Crippen molar-refractivity contribution >= 4 is 10.0 Å². The van der Waals surface area contributed by atoms with Crippen LogP contribution in [0, 0.1) is 18.8 Å². The van der Waals surface area contributed by atoms with E-state index < -0.39 is 10.0 Å². The first-order valence-corrected chi connectivity index (χ1v) is 10.1. The molecule has 0 amide bonds. The third kappa shape index (κ3) is 3.54. The van der Waals surface area contributed by atoms with Gasteiger partial charge in [-0.05, 0) is 51.4 Å². The minimum atomic E-state index is -3.05. The Hall–Kier alpha value is -0.880. The summed E-state index contributed by atoms with van der Waals surface area (Å²) >= 11 is 0. The number of aryl methyl sites for hydroxylation is 1. The average molecular weight is 325 g/mol. The smallest absolute Gasteiger partial charge is 0.213 e. The van der Waals surface area contributed by atoms with Crippen LogP contribution in [-0.2, 0) is 23.0 Å². The van der Waals surface area contributed by atoms with Crippen LogP contribution in [0.1, 0.15) is 44.1 Å². The average Bonchev–Trinajstić information content (AvgIpc) is 3.27. The summed E-state index contributed by atoms with van der Waals surface area (Å²) in [6, 6.07) is 0. The van der Waals surface area contributed by atoms with Crippen molar-refractivity contribution < 1.29 is 8.42 Å². The molecule has 3 rings (SSSR count). The molecule has 2 heterocycles. The summed E-state index contributed by atoms with van der Waals surface area (Å²) < 4.78 is 28.2. The molecular formula is C16H27N3O2S. The summed E-state index contributed by atoms with van der Waals surface area (Å²) in [4.78, 5) is 4.59. The van der Waals surface area contributed by atoms with Crippen LogP contribution in [0.15, 0.2) is 6.20 Å². The standard InChI is InChI=1S/C16H27N3O2S/c1-3-22(20,21)18-8-4-5-15(11-18)9-16-17-10-13(2)19(16)12-14-6-7-14/h10,14-15H,3-9,11-12H2,1-2H3. The number of nitrogens with zero attached hydrogens (tertiary/aromatic N) is 3. The maximum Gasteiger partial charge on any atom is 0.213 e. The maximum atomic E-state index is 12.1. The van der Waals surface area contributed by atoms with E-state index in [1.165, 1.54) is 18.5 Å². The van der Waals surface area contributed by atoms with Gasteiger partial charge < -0.3 is 4.57 Å². The van der Waals surface area contributed by atoms with Gasteiger partial charge in [0.2, 0.25) is 10.0 Å². The molecule has 0 aromatic carbocycles. The predicted octanol–water partition coefficient (Wildman–Crippen LogP) is 2.21. The van der Waals surface area contributed by atoms with Crippen molar-refractivity contribution in [1.29, 1.82) is 0 Å². The van der Waals surface area contributed by atoms with E-state index in [-0.39, 0.29) is 5.75 Å². The van der Waals surface area contributed by atoms with Gasteiger partial charge in [-0.2, -0.15) is 0 Å². The quantitative estimate of drug-likeness (QED) is 0.806. The van der Waals surface area contributed by atoms with Gasteiger partial charge in [-0.25, -0.2) is 17.7 Å². The lowest BCUT2D eigenvalue weighted by atomic mass is 9.96. The van der Waals surface area contributed by atoms with E-state index in [2.05, 4.69) is 16.5 Å². The second kappa shape index (κ2) is 6.32. The molecule has 1 saturated heterocycles. The molecule has 1 aliphatic carbocycles. The SMILES string of the molecule is CCS(=O)(=O)N1CCCC(Cc2ncc(C)n2CC2CC2)C1. The van der Waals surface area contributed by atoms with Crippen LogP contribution in [0.25, 0.3) is 0 Å². The molecule has 0 N–H and O–H groups in total. The van der Waals surface area contributed by atoms with Crippen LogP contribution < -0.4 is 0 Å². The van der Waals surface area contributed by atoms with Crippen molar-refractivity contribution in [2.24, 2.45) is 11.8 Å². The number of rotatable bonds is 6. The molecular weight excluding hydrogens is 298 g/mol. The zero-order valence-electron chi connectivity index (χ0n) is 13.7. The summed E-state index contributed by atoms with van der Waals surface area (Å²) in [6.45, 7) is 6.27. The first-order valence-electron chi connectivity index (χ1n) is 8.48. The minimum absolute atomic E-state index is 0.204. The van der Waals surface area contributed by atoms with Crippen LogP contribution >= 0.6 is 0 Å². The number of imidazole rings is 1. The topological polar surface area (TPSA) is 55.2 Å². The zero-order chi connectivity index (χ0) is 15.7. The number of aromatic nitrogens is 2. The summed E-state index contributed by atoms with van der Waals surface area (Å²) in [5, 5.41) is 0. The predicted molar refractivity (Wildman–Crippen MR) is 87.1 cm³/mol. The van der Waals surface area contributed by atoms with Gasteiger partial charge in [0, 0.05) is 37.9 Å². The molecule has 22 heavy (non-hydrogen) atoms. The highest BCUT2D eigenvalue weighted by Crippen LogP contribution is 2.32. The van der Waals surface area contributed by atoms with Gasteiger partial charge in [0.1, 0.15) is 5.82 Å². The van der Waals surface area contributed by atoms with Crippen molar-refractivity contribution in [2.75, 3.05) is 18.8 Å². The highest BCUT2D eigenvalue weighted by atomic mass is 32.2. The molecule has 2 aliphatic rings. The zero-order valence-corrected chi connectivity index (χ0v) is 14.5. The molecule has 1 aromatic heterocycles. The van der Waals surface area contributed by atoms with Gasteiger partial charge in [-0.1, -0.05) is 0 Å². The second-order valence-corrected chi connectivity index (χ2v) is 9.10. The van der Waals surface area contributed by atoms with Gasteiger partial charge in [-0.3, -0.25) is 0 Å². The fourth-order valence-corrected chi connectivity index (χ4v) is 4.58. The molecule has 124 valence electrons. The van der Waals surface area contributed by atoms with Crippen molar-refractivity contribution in [3.05, 3.63) is 17.7 Å². The number of hydrogen-bond donors (Lipinski definition) is 0. The fraction of sp³-hybridized carbons (Fsp3) is 0.812. The van der Waals surface area contributed by atoms with Gasteiger partial charge in [0.15, 0.2) is 0 Å². The summed E-state index contributed by atoms with van der Waals surface area (Å²) in [7, 11) is -3.05. The van der Waals surface area contributed by atoms with Gasteiger partial charge in [0.05, 0.1) is 5.75 Å². The summed E-state index contributed by atoms with van der Waals surface area (Å²) in [5.41, 5.74) is 1.23. The number of piperidine rings is 1. The molecule has 6 heteroatoms. The maximum absolute atomic E-state index is 12.1. The lowest BCUT2D eigenvalue weighted by molar-refractivity contribution is 0.261. The Morgan fingerprint density at radius 1 is 1.27 bits per heavy atom. The van der Waals surface area contributed by atoms with Gasteiger partial charge in [-0.15, -0.1) is 0 Å². The second-order valence-electron chi connectivity index (χ2n) is 6.84. The van der Waals surface area contributed by atoms with Crippen LogP contribution in [0.2, 0.25) is 0 Å². The molecule has 1 aromatic rings. The Balaban J connectivity index is 1.68. The number of hydrogen-bond acceptors (Lipinski definition) is 3. The molecule has 0 bridgehead atoms. The lowest BCUT2D eigenvalue weighted by Crippen LogP contribution is -2.41. The van der Waals surface area contributed by atoms with Crippen molar-refractivity contribution in [1.82, 2.24) is 13.9 Å². The van der Waals surface area contributed by atoms with Gasteiger partial charge >= 0.3 is 0 Å². The van der Waals surface area contributed by atoms with Crippen LogP contribution in [0.3, 0.4) is 0 Å². The third-order valence-corrected chi connectivity index (χ3v) is 6.83. The molecule has 5 nitrogen and oxygen atoms in total. The van der Waals surface area contributed by atoms with Crippen molar-refractivity contribution in [2.45, 2.75) is 52.5 Å². The van der Waals surface area contributed by atoms with Crippen molar-refractivity contribution in [3.8, 4) is 0 Å². The van der Waals surface area contributed by atoms with E-state index >= 15 is 0 Å². The fourth-order valence-electron chi connectivity index (χ4n) is 3.37. The Kier molecular flexibility index (Phi) is 4.59. The Morgan fingerprint density at radius 3 is 2.73 bits per heavy atom. The molecule has 1 aliphatic heterocycles. The van der Waals surface area contributed by atoms with Crippen LogP contribution in [0.5, 0.6) is 0 Å². The van der Waals surface area contributed by atoms with Gasteiger partial charge in [0.25, 0.3) is 0 Å². The third-order valence-electron chi connectivity index (χ3n) is 4.99. The molecule has 0 spiro atoms. The highest BCUT2D eigenvalue weighted by molar-refractivity contribution is 7.89. The molecule has 0 radical (unpaired) electrons. The Labute approximate surface area is 133 Å². The van der Waals surface area contributed by atoms with E-state index in [1.807, 2.05) is 6.20 Å². The Bertz CT molecular complexity index is 619. The van der Waals surface area contributed by atoms with Crippen molar-refractivity contribution in [3.63, 3.8) is 0 Å². The summed E-state index contributed by atoms with van der Waals surface area (Å²) in [6.07, 6.45) is 7.60. The lowest BCUT2D eigenvalue weighted by Gasteiger charge is -2.31. The monoisotopic (exact) mass is 325 g/mol. The van der Waals surface area contributed by atoms with E-state index in [0.717, 1.165) is 37.5 Å². The highest BCUT2D eigenvalue weighted by Gasteiger charge is 2.29. The van der Waals surface area contributed by atoms with E-state index in [4.69, 9.17) is 0 Å². The normalized spacial score (nSPS) is 23.8. The molecule has 2 fully saturated rings. The van der Waals surface area contributed by atoms with E-state index in [0.29, 0.717) is 19.0 Å². The largest absolute Gasteiger partial charge is 0.332 e. The Morgan fingerprint density at radius 2 is 2.05 bits per heavy atom. The van der Waals surface area contributed by atoms with Crippen LogP contribution in [0.4, 0.5) is 0 Å². The van der Waals surface area contributed by atoms with E-state index in [9.17, 15) is 8.42 Å². The van der Waals surface area contributed by atoms with E-state index in [1.54, 1.807) is 11.2 Å². The summed E-state index contributed by atoms with van der Waals surface area (Å²) in [5.74, 6) is 2.57. The molecule has 1 atom stereocenters. The molecule has 1 saturated carbocycles. The molecule has 1 unspecified atom stereocenters. The van der Waals surface area contributed by atoms with Crippen LogP contribution in [-0.4, -0.2) is 41.1 Å². The first kappa shape index (κ1) is 16.0. The minimum Gasteiger partial charge on any atom is -0.332 e. The first-order chi connectivity index (χ1) is 10.5.